The second-order valence-electron chi connectivity index (χ2n) is 6.60. The number of aryl methyl sites for hydroxylation is 1. The number of benzene rings is 1. The van der Waals surface area contributed by atoms with Crippen molar-refractivity contribution >= 4 is 15.9 Å². The average molecular weight is 340 g/mol. The van der Waals surface area contributed by atoms with Crippen LogP contribution >= 0.6 is 15.9 Å². The van der Waals surface area contributed by atoms with Crippen LogP contribution in [0.4, 0.5) is 0 Å². The molecule has 1 saturated carbocycles. The first-order chi connectivity index (χ1) is 9.40. The molecule has 0 heterocycles. The van der Waals surface area contributed by atoms with Crippen LogP contribution in [0, 0.1) is 18.3 Å². The molecular formula is C17H26BrNO. The van der Waals surface area contributed by atoms with Gasteiger partial charge >= 0.3 is 0 Å². The molecule has 2 atom stereocenters. The van der Waals surface area contributed by atoms with Crippen LogP contribution in [0.25, 0.3) is 0 Å². The fourth-order valence-corrected chi connectivity index (χ4v) is 4.00. The molecule has 1 fully saturated rings. The van der Waals surface area contributed by atoms with Crippen molar-refractivity contribution in [2.75, 3.05) is 14.2 Å². The topological polar surface area (TPSA) is 21.3 Å². The zero-order valence-corrected chi connectivity index (χ0v) is 14.8. The van der Waals surface area contributed by atoms with E-state index in [0.717, 1.165) is 10.2 Å². The SMILES string of the molecule is CNC(c1cc(Br)c(C)cc1OC)C1CCCC1(C)C. The van der Waals surface area contributed by atoms with Gasteiger partial charge in [-0.15, -0.1) is 0 Å². The van der Waals surface area contributed by atoms with Gasteiger partial charge in [-0.2, -0.15) is 0 Å². The standard InChI is InChI=1S/C17H26BrNO/c1-11-9-15(20-5)12(10-14(11)18)16(19-4)13-7-6-8-17(13,2)3/h9-10,13,16,19H,6-8H2,1-5H3. The molecule has 1 aliphatic rings. The fraction of sp³-hybridized carbons (Fsp3) is 0.647. The van der Waals surface area contributed by atoms with E-state index in [9.17, 15) is 0 Å². The van der Waals surface area contributed by atoms with Crippen LogP contribution in [0.1, 0.15) is 50.3 Å². The molecule has 20 heavy (non-hydrogen) atoms. The van der Waals surface area contributed by atoms with Gasteiger partial charge in [0, 0.05) is 16.1 Å². The van der Waals surface area contributed by atoms with Gasteiger partial charge in [0.25, 0.3) is 0 Å². The lowest BCUT2D eigenvalue weighted by Gasteiger charge is -2.35. The molecule has 0 bridgehead atoms. The zero-order valence-electron chi connectivity index (χ0n) is 13.2. The number of hydrogen-bond donors (Lipinski definition) is 1. The maximum atomic E-state index is 5.63. The first kappa shape index (κ1) is 15.8. The van der Waals surface area contributed by atoms with Gasteiger partial charge in [0.2, 0.25) is 0 Å². The van der Waals surface area contributed by atoms with Crippen molar-refractivity contribution in [2.45, 2.75) is 46.1 Å². The molecule has 0 saturated heterocycles. The Bertz CT molecular complexity index is 484. The first-order valence-electron chi connectivity index (χ1n) is 7.42. The number of halogens is 1. The Kier molecular flexibility index (Phi) is 4.80. The molecule has 0 spiro atoms. The predicted molar refractivity (Wildman–Crippen MR) is 88.4 cm³/mol. The van der Waals surface area contributed by atoms with Gasteiger partial charge in [-0.3, -0.25) is 0 Å². The molecule has 3 heteroatoms. The highest BCUT2D eigenvalue weighted by atomic mass is 79.9. The summed E-state index contributed by atoms with van der Waals surface area (Å²) < 4.78 is 6.79. The lowest BCUT2D eigenvalue weighted by Crippen LogP contribution is -2.32. The summed E-state index contributed by atoms with van der Waals surface area (Å²) >= 11 is 3.66. The van der Waals surface area contributed by atoms with Crippen molar-refractivity contribution in [2.24, 2.45) is 11.3 Å². The molecule has 2 rings (SSSR count). The smallest absolute Gasteiger partial charge is 0.123 e. The number of rotatable bonds is 4. The summed E-state index contributed by atoms with van der Waals surface area (Å²) in [5.41, 5.74) is 2.87. The van der Waals surface area contributed by atoms with E-state index in [1.54, 1.807) is 7.11 Å². The van der Waals surface area contributed by atoms with Crippen LogP contribution in [0.3, 0.4) is 0 Å². The van der Waals surface area contributed by atoms with Crippen LogP contribution in [-0.2, 0) is 0 Å². The van der Waals surface area contributed by atoms with Gasteiger partial charge in [0.15, 0.2) is 0 Å². The van der Waals surface area contributed by atoms with Gasteiger partial charge in [-0.05, 0) is 55.8 Å². The molecule has 0 amide bonds. The van der Waals surface area contributed by atoms with Gasteiger partial charge < -0.3 is 10.1 Å². The minimum absolute atomic E-state index is 0.347. The summed E-state index contributed by atoms with van der Waals surface area (Å²) in [5, 5.41) is 3.54. The monoisotopic (exact) mass is 339 g/mol. The summed E-state index contributed by atoms with van der Waals surface area (Å²) in [7, 11) is 3.82. The lowest BCUT2D eigenvalue weighted by molar-refractivity contribution is 0.201. The molecule has 1 N–H and O–H groups in total. The molecule has 0 aromatic heterocycles. The first-order valence-corrected chi connectivity index (χ1v) is 8.21. The average Bonchev–Trinajstić information content (AvgIpc) is 2.74. The van der Waals surface area contributed by atoms with Gasteiger partial charge in [-0.1, -0.05) is 36.2 Å². The largest absolute Gasteiger partial charge is 0.496 e. The van der Waals surface area contributed by atoms with Crippen molar-refractivity contribution in [3.05, 3.63) is 27.7 Å². The van der Waals surface area contributed by atoms with Crippen LogP contribution < -0.4 is 10.1 Å². The van der Waals surface area contributed by atoms with E-state index >= 15 is 0 Å². The lowest BCUT2D eigenvalue weighted by atomic mass is 9.75. The van der Waals surface area contributed by atoms with Crippen LogP contribution in [0.5, 0.6) is 5.75 Å². The van der Waals surface area contributed by atoms with Gasteiger partial charge in [0.1, 0.15) is 5.75 Å². The Morgan fingerprint density at radius 3 is 2.60 bits per heavy atom. The highest BCUT2D eigenvalue weighted by molar-refractivity contribution is 9.10. The third-order valence-corrected chi connectivity index (χ3v) is 5.75. The third-order valence-electron chi connectivity index (χ3n) is 4.90. The minimum Gasteiger partial charge on any atom is -0.496 e. The van der Waals surface area contributed by atoms with Crippen LogP contribution in [-0.4, -0.2) is 14.2 Å². The third kappa shape index (κ3) is 2.89. The number of hydrogen-bond acceptors (Lipinski definition) is 2. The number of nitrogens with one attached hydrogen (secondary N) is 1. The second-order valence-corrected chi connectivity index (χ2v) is 7.45. The highest BCUT2D eigenvalue weighted by Crippen LogP contribution is 2.50. The van der Waals surface area contributed by atoms with E-state index < -0.39 is 0 Å². The predicted octanol–water partition coefficient (Wildman–Crippen LogP) is 4.85. The van der Waals surface area contributed by atoms with Crippen molar-refractivity contribution < 1.29 is 4.74 Å². The summed E-state index contributed by atoms with van der Waals surface area (Å²) in [4.78, 5) is 0. The molecule has 2 unspecified atom stereocenters. The molecule has 112 valence electrons. The molecule has 1 aliphatic carbocycles. The van der Waals surface area contributed by atoms with Crippen LogP contribution in [0.2, 0.25) is 0 Å². The van der Waals surface area contributed by atoms with E-state index in [1.807, 2.05) is 0 Å². The maximum absolute atomic E-state index is 5.63. The van der Waals surface area contributed by atoms with E-state index in [1.165, 1.54) is 30.4 Å². The molecule has 2 nitrogen and oxygen atoms in total. The van der Waals surface area contributed by atoms with E-state index in [2.05, 4.69) is 61.2 Å². The van der Waals surface area contributed by atoms with E-state index in [4.69, 9.17) is 4.74 Å². The quantitative estimate of drug-likeness (QED) is 0.846. The van der Waals surface area contributed by atoms with Gasteiger partial charge in [0.05, 0.1) is 7.11 Å². The van der Waals surface area contributed by atoms with E-state index in [-0.39, 0.29) is 0 Å². The van der Waals surface area contributed by atoms with E-state index in [0.29, 0.717) is 17.4 Å². The maximum Gasteiger partial charge on any atom is 0.123 e. The second kappa shape index (κ2) is 6.07. The van der Waals surface area contributed by atoms with Crippen LogP contribution in [0.15, 0.2) is 16.6 Å². The molecule has 0 radical (unpaired) electrons. The summed E-state index contributed by atoms with van der Waals surface area (Å²) in [6, 6.07) is 4.70. The summed E-state index contributed by atoms with van der Waals surface area (Å²) in [6.07, 6.45) is 3.92. The number of ether oxygens (including phenoxy) is 1. The Hall–Kier alpha value is -0.540. The van der Waals surface area contributed by atoms with Crippen molar-refractivity contribution in [3.8, 4) is 5.75 Å². The van der Waals surface area contributed by atoms with Crippen molar-refractivity contribution in [3.63, 3.8) is 0 Å². The fourth-order valence-electron chi connectivity index (χ4n) is 3.64. The van der Waals surface area contributed by atoms with Gasteiger partial charge in [-0.25, -0.2) is 0 Å². The zero-order chi connectivity index (χ0) is 14.9. The Morgan fingerprint density at radius 2 is 2.10 bits per heavy atom. The van der Waals surface area contributed by atoms with Crippen molar-refractivity contribution in [1.82, 2.24) is 5.32 Å². The molecule has 0 aliphatic heterocycles. The summed E-state index contributed by atoms with van der Waals surface area (Å²) in [6.45, 7) is 6.89. The molecule has 1 aromatic rings. The number of methoxy groups -OCH3 is 1. The normalized spacial score (nSPS) is 22.8. The molecular weight excluding hydrogens is 314 g/mol. The Labute approximate surface area is 131 Å². The minimum atomic E-state index is 0.347. The highest BCUT2D eigenvalue weighted by Gasteiger charge is 2.40. The summed E-state index contributed by atoms with van der Waals surface area (Å²) in [5.74, 6) is 1.64. The Morgan fingerprint density at radius 1 is 1.40 bits per heavy atom. The molecule has 1 aromatic carbocycles. The Balaban J connectivity index is 2.44. The van der Waals surface area contributed by atoms with Crippen molar-refractivity contribution in [1.29, 1.82) is 0 Å².